The third kappa shape index (κ3) is 1.20. The van der Waals surface area contributed by atoms with E-state index in [4.69, 9.17) is 5.73 Å². The molecule has 0 amide bonds. The van der Waals surface area contributed by atoms with Crippen LogP contribution in [0.15, 0.2) is 29.3 Å². The molecule has 0 saturated heterocycles. The van der Waals surface area contributed by atoms with Gasteiger partial charge < -0.3 is 5.73 Å². The van der Waals surface area contributed by atoms with Crippen LogP contribution in [-0.4, -0.2) is 15.2 Å². The third-order valence-corrected chi connectivity index (χ3v) is 1.78. The van der Waals surface area contributed by atoms with Gasteiger partial charge in [0.2, 0.25) is 0 Å². The van der Waals surface area contributed by atoms with Crippen LogP contribution in [0.1, 0.15) is 0 Å². The summed E-state index contributed by atoms with van der Waals surface area (Å²) in [6, 6.07) is 3.46. The summed E-state index contributed by atoms with van der Waals surface area (Å²) < 4.78 is 0. The SMILES string of the molecule is Nc1[nH][nH]c(=O)c1-c1ccncc1. The molecule has 0 aromatic carbocycles. The minimum Gasteiger partial charge on any atom is -0.383 e. The van der Waals surface area contributed by atoms with Crippen molar-refractivity contribution in [3.63, 3.8) is 0 Å². The van der Waals surface area contributed by atoms with Crippen molar-refractivity contribution < 1.29 is 0 Å². The van der Waals surface area contributed by atoms with Crippen molar-refractivity contribution in [2.75, 3.05) is 5.73 Å². The summed E-state index contributed by atoms with van der Waals surface area (Å²) in [6.45, 7) is 0. The minimum atomic E-state index is -0.219. The number of hydrogen-bond donors (Lipinski definition) is 3. The molecule has 2 rings (SSSR count). The highest BCUT2D eigenvalue weighted by molar-refractivity contribution is 5.72. The molecule has 66 valence electrons. The van der Waals surface area contributed by atoms with Crippen LogP contribution in [0.25, 0.3) is 11.1 Å². The molecule has 13 heavy (non-hydrogen) atoms. The number of aromatic amines is 2. The predicted molar refractivity (Wildman–Crippen MR) is 49.1 cm³/mol. The zero-order chi connectivity index (χ0) is 9.26. The van der Waals surface area contributed by atoms with E-state index in [1.165, 1.54) is 0 Å². The fourth-order valence-corrected chi connectivity index (χ4v) is 1.18. The Morgan fingerprint density at radius 3 is 2.46 bits per heavy atom. The van der Waals surface area contributed by atoms with Crippen molar-refractivity contribution in [3.05, 3.63) is 34.9 Å². The monoisotopic (exact) mass is 176 g/mol. The largest absolute Gasteiger partial charge is 0.383 e. The van der Waals surface area contributed by atoms with E-state index in [0.717, 1.165) is 5.56 Å². The smallest absolute Gasteiger partial charge is 0.273 e. The molecule has 2 aromatic rings. The van der Waals surface area contributed by atoms with Crippen LogP contribution in [0.5, 0.6) is 0 Å². The van der Waals surface area contributed by atoms with Crippen LogP contribution in [0.2, 0.25) is 0 Å². The van der Waals surface area contributed by atoms with Gasteiger partial charge in [-0.1, -0.05) is 0 Å². The van der Waals surface area contributed by atoms with E-state index in [-0.39, 0.29) is 5.56 Å². The van der Waals surface area contributed by atoms with Gasteiger partial charge in [-0.15, -0.1) is 0 Å². The molecule has 0 unspecified atom stereocenters. The molecule has 0 atom stereocenters. The lowest BCUT2D eigenvalue weighted by atomic mass is 10.1. The van der Waals surface area contributed by atoms with Gasteiger partial charge in [-0.25, -0.2) is 0 Å². The van der Waals surface area contributed by atoms with Gasteiger partial charge in [0.1, 0.15) is 5.82 Å². The van der Waals surface area contributed by atoms with Gasteiger partial charge in [0.15, 0.2) is 0 Å². The van der Waals surface area contributed by atoms with Crippen LogP contribution >= 0.6 is 0 Å². The normalized spacial score (nSPS) is 10.2. The summed E-state index contributed by atoms with van der Waals surface area (Å²) in [7, 11) is 0. The van der Waals surface area contributed by atoms with Crippen molar-refractivity contribution in [2.24, 2.45) is 0 Å². The third-order valence-electron chi connectivity index (χ3n) is 1.78. The molecule has 0 bridgehead atoms. The lowest BCUT2D eigenvalue weighted by Crippen LogP contribution is -2.02. The molecule has 0 aliphatic carbocycles. The van der Waals surface area contributed by atoms with Crippen LogP contribution < -0.4 is 11.3 Å². The Morgan fingerprint density at radius 2 is 1.92 bits per heavy atom. The number of rotatable bonds is 1. The molecular formula is C8H8N4O. The van der Waals surface area contributed by atoms with Crippen molar-refractivity contribution in [1.29, 1.82) is 0 Å². The van der Waals surface area contributed by atoms with Gasteiger partial charge in [0, 0.05) is 12.4 Å². The molecule has 0 radical (unpaired) electrons. The average Bonchev–Trinajstić information content (AvgIpc) is 2.48. The number of nitrogens with one attached hydrogen (secondary N) is 2. The van der Waals surface area contributed by atoms with Gasteiger partial charge in [-0.05, 0) is 17.7 Å². The molecule has 5 heteroatoms. The first-order chi connectivity index (χ1) is 6.29. The maximum absolute atomic E-state index is 11.3. The second kappa shape index (κ2) is 2.78. The van der Waals surface area contributed by atoms with Gasteiger partial charge in [0.05, 0.1) is 5.56 Å². The Morgan fingerprint density at radius 1 is 1.23 bits per heavy atom. The standard InChI is InChI=1S/C8H8N4O/c9-7-6(8(13)12-11-7)5-1-3-10-4-2-5/h1-4H,(H4,9,11,12,13). The fraction of sp³-hybridized carbons (Fsp3) is 0. The van der Waals surface area contributed by atoms with Crippen LogP contribution in [0.3, 0.4) is 0 Å². The molecule has 5 nitrogen and oxygen atoms in total. The molecule has 2 heterocycles. The number of pyridine rings is 1. The molecule has 4 N–H and O–H groups in total. The van der Waals surface area contributed by atoms with Gasteiger partial charge in [0.25, 0.3) is 5.56 Å². The Hall–Kier alpha value is -2.04. The summed E-state index contributed by atoms with van der Waals surface area (Å²) in [6.07, 6.45) is 3.22. The molecule has 0 spiro atoms. The van der Waals surface area contributed by atoms with E-state index in [2.05, 4.69) is 15.2 Å². The number of nitrogens with zero attached hydrogens (tertiary/aromatic N) is 1. The van der Waals surface area contributed by atoms with E-state index < -0.39 is 0 Å². The number of anilines is 1. The quantitative estimate of drug-likeness (QED) is 0.585. The maximum atomic E-state index is 11.3. The predicted octanol–water partition coefficient (Wildman–Crippen LogP) is 0.347. The van der Waals surface area contributed by atoms with Crippen molar-refractivity contribution in [2.45, 2.75) is 0 Å². The van der Waals surface area contributed by atoms with E-state index in [0.29, 0.717) is 11.4 Å². The van der Waals surface area contributed by atoms with E-state index in [1.807, 2.05) is 0 Å². The van der Waals surface area contributed by atoms with Crippen LogP contribution in [-0.2, 0) is 0 Å². The van der Waals surface area contributed by atoms with Crippen molar-refractivity contribution in [3.8, 4) is 11.1 Å². The fourth-order valence-electron chi connectivity index (χ4n) is 1.18. The summed E-state index contributed by atoms with van der Waals surface area (Å²) >= 11 is 0. The zero-order valence-electron chi connectivity index (χ0n) is 6.74. The number of nitrogens with two attached hydrogens (primary N) is 1. The molecule has 2 aromatic heterocycles. The van der Waals surface area contributed by atoms with Crippen molar-refractivity contribution >= 4 is 5.82 Å². The molecule has 0 saturated carbocycles. The number of aromatic nitrogens is 3. The lowest BCUT2D eigenvalue weighted by molar-refractivity contribution is 1.06. The molecule has 0 aliphatic rings. The molecule has 0 fully saturated rings. The molecule has 0 aliphatic heterocycles. The second-order valence-corrected chi connectivity index (χ2v) is 2.60. The number of hydrogen-bond acceptors (Lipinski definition) is 3. The summed E-state index contributed by atoms with van der Waals surface area (Å²) in [4.78, 5) is 15.1. The maximum Gasteiger partial charge on any atom is 0.273 e. The average molecular weight is 176 g/mol. The minimum absolute atomic E-state index is 0.219. The first kappa shape index (κ1) is 7.60. The number of H-pyrrole nitrogens is 2. The summed E-state index contributed by atoms with van der Waals surface area (Å²) in [5.74, 6) is 0.344. The van der Waals surface area contributed by atoms with Gasteiger partial charge in [-0.3, -0.25) is 20.0 Å². The highest BCUT2D eigenvalue weighted by atomic mass is 16.1. The first-order valence-electron chi connectivity index (χ1n) is 3.75. The number of nitrogen functional groups attached to an aromatic ring is 1. The highest BCUT2D eigenvalue weighted by Gasteiger charge is 2.08. The van der Waals surface area contributed by atoms with E-state index >= 15 is 0 Å². The van der Waals surface area contributed by atoms with Crippen molar-refractivity contribution in [1.82, 2.24) is 15.2 Å². The zero-order valence-corrected chi connectivity index (χ0v) is 6.74. The first-order valence-corrected chi connectivity index (χ1v) is 3.75. The highest BCUT2D eigenvalue weighted by Crippen LogP contribution is 2.17. The summed E-state index contributed by atoms with van der Waals surface area (Å²) in [5.41, 5.74) is 6.57. The Labute approximate surface area is 73.6 Å². The topological polar surface area (TPSA) is 87.6 Å². The van der Waals surface area contributed by atoms with Gasteiger partial charge in [-0.2, -0.15) is 0 Å². The Balaban J connectivity index is 2.65. The Kier molecular flexibility index (Phi) is 1.63. The Bertz CT molecular complexity index is 456. The lowest BCUT2D eigenvalue weighted by Gasteiger charge is -1.95. The second-order valence-electron chi connectivity index (χ2n) is 2.60. The van der Waals surface area contributed by atoms with Crippen LogP contribution in [0.4, 0.5) is 5.82 Å². The van der Waals surface area contributed by atoms with E-state index in [1.54, 1.807) is 24.5 Å². The van der Waals surface area contributed by atoms with E-state index in [9.17, 15) is 4.79 Å². The van der Waals surface area contributed by atoms with Gasteiger partial charge >= 0.3 is 0 Å². The molecular weight excluding hydrogens is 168 g/mol. The van der Waals surface area contributed by atoms with Crippen LogP contribution in [0, 0.1) is 0 Å². The summed E-state index contributed by atoms with van der Waals surface area (Å²) in [5, 5.41) is 4.96.